The molecular weight excluding hydrogens is 369 g/mol. The second-order valence-corrected chi connectivity index (χ2v) is 29.9. The van der Waals surface area contributed by atoms with Crippen LogP contribution in [0, 0.1) is 0 Å². The maximum Gasteiger partial charge on any atom is 0.311 e. The van der Waals surface area contributed by atoms with Gasteiger partial charge in [0.25, 0.3) is 0 Å². The van der Waals surface area contributed by atoms with Gasteiger partial charge in [-0.25, -0.2) is 0 Å². The summed E-state index contributed by atoms with van der Waals surface area (Å²) in [4.78, 5) is 0. The van der Waals surface area contributed by atoms with Crippen molar-refractivity contribution in [3.05, 3.63) is 24.6 Å². The van der Waals surface area contributed by atoms with Gasteiger partial charge in [-0.15, -0.1) is 13.2 Å². The molecule has 23 heavy (non-hydrogen) atoms. The Balaban J connectivity index is 4.99. The van der Waals surface area contributed by atoms with Crippen molar-refractivity contribution in [2.45, 2.75) is 71.1 Å². The summed E-state index contributed by atoms with van der Waals surface area (Å²) in [7, 11) is -9.35. The molecular formula is C15H38O3Si5. The van der Waals surface area contributed by atoms with E-state index >= 15 is 0 Å². The molecule has 0 heterocycles. The van der Waals surface area contributed by atoms with Crippen molar-refractivity contribution in [1.29, 1.82) is 0 Å². The van der Waals surface area contributed by atoms with Gasteiger partial charge in [0, 0.05) is 0 Å². The highest BCUT2D eigenvalue weighted by Gasteiger charge is 2.43. The fourth-order valence-electron chi connectivity index (χ4n) is 3.21. The second-order valence-electron chi connectivity index (χ2n) is 9.02. The quantitative estimate of drug-likeness (QED) is 0.445. The van der Waals surface area contributed by atoms with E-state index < -0.39 is 41.8 Å². The summed E-state index contributed by atoms with van der Waals surface area (Å²) in [5, 5.41) is 0. The Hall–Kier alpha value is 0.444. The lowest BCUT2D eigenvalue weighted by molar-refractivity contribution is 0.395. The summed E-state index contributed by atoms with van der Waals surface area (Å²) in [5.74, 6) is 0. The van der Waals surface area contributed by atoms with Crippen molar-refractivity contribution in [1.82, 2.24) is 0 Å². The zero-order valence-electron chi connectivity index (χ0n) is 17.0. The van der Waals surface area contributed by atoms with Crippen LogP contribution in [0.3, 0.4) is 0 Å². The van der Waals surface area contributed by atoms with Crippen LogP contribution >= 0.6 is 0 Å². The van der Waals surface area contributed by atoms with E-state index in [2.05, 4.69) is 78.6 Å². The van der Waals surface area contributed by atoms with Crippen LogP contribution in [0.25, 0.3) is 0 Å². The molecule has 0 aliphatic heterocycles. The molecule has 3 nitrogen and oxygen atoms in total. The average molecular weight is 407 g/mol. The lowest BCUT2D eigenvalue weighted by atomic mass is 11.3. The van der Waals surface area contributed by atoms with Crippen LogP contribution in [0.1, 0.15) is 0 Å². The van der Waals surface area contributed by atoms with E-state index in [1.165, 1.54) is 0 Å². The topological polar surface area (TPSA) is 27.7 Å². The number of rotatable bonds is 10. The highest BCUT2D eigenvalue weighted by molar-refractivity contribution is 6.97. The Morgan fingerprint density at radius 3 is 1.35 bits per heavy atom. The van der Waals surface area contributed by atoms with Crippen molar-refractivity contribution in [3.63, 3.8) is 0 Å². The van der Waals surface area contributed by atoms with E-state index in [0.29, 0.717) is 0 Å². The smallest absolute Gasteiger partial charge is 0.311 e. The molecule has 0 aliphatic rings. The molecule has 0 aliphatic carbocycles. The first kappa shape index (κ1) is 23.4. The van der Waals surface area contributed by atoms with Gasteiger partial charge in [0.2, 0.25) is 0 Å². The van der Waals surface area contributed by atoms with E-state index in [9.17, 15) is 0 Å². The average Bonchev–Trinajstić information content (AvgIpc) is 2.22. The summed E-state index contributed by atoms with van der Waals surface area (Å²) in [5.41, 5.74) is 5.09. The normalized spacial score (nSPS) is 14.7. The van der Waals surface area contributed by atoms with Crippen molar-refractivity contribution >= 4 is 41.8 Å². The molecule has 0 aromatic carbocycles. The molecule has 0 fully saturated rings. The van der Waals surface area contributed by atoms with Crippen LogP contribution in [0.4, 0.5) is 0 Å². The SMILES string of the molecule is C=C[Si](C)(C)O[Si](C)(C)C[Si](C)(C)O[Si](C)(C)O[Si](C)(C)C=C. The minimum absolute atomic E-state index is 1.08. The third-order valence-corrected chi connectivity index (χ3v) is 24.7. The van der Waals surface area contributed by atoms with Gasteiger partial charge in [-0.05, 0) is 71.1 Å². The van der Waals surface area contributed by atoms with Gasteiger partial charge >= 0.3 is 8.56 Å². The molecule has 0 unspecified atom stereocenters. The van der Waals surface area contributed by atoms with Gasteiger partial charge in [-0.3, -0.25) is 0 Å². The van der Waals surface area contributed by atoms with E-state index in [4.69, 9.17) is 12.3 Å². The predicted molar refractivity (Wildman–Crippen MR) is 116 cm³/mol. The van der Waals surface area contributed by atoms with Crippen molar-refractivity contribution < 1.29 is 12.3 Å². The number of hydrogen-bond donors (Lipinski definition) is 0. The Kier molecular flexibility index (Phi) is 7.92. The summed E-state index contributed by atoms with van der Waals surface area (Å²) < 4.78 is 19.5. The van der Waals surface area contributed by atoms with Gasteiger partial charge in [0.1, 0.15) is 0 Å². The second kappa shape index (κ2) is 7.77. The van der Waals surface area contributed by atoms with Crippen LogP contribution in [-0.2, 0) is 12.3 Å². The highest BCUT2D eigenvalue weighted by Crippen LogP contribution is 2.29. The van der Waals surface area contributed by atoms with E-state index in [-0.39, 0.29) is 0 Å². The first-order valence-electron chi connectivity index (χ1n) is 8.33. The maximum absolute atomic E-state index is 6.63. The van der Waals surface area contributed by atoms with Crippen LogP contribution in [0.5, 0.6) is 0 Å². The maximum atomic E-state index is 6.63. The van der Waals surface area contributed by atoms with Gasteiger partial charge in [-0.2, -0.15) is 0 Å². The summed E-state index contributed by atoms with van der Waals surface area (Å²) in [6.45, 7) is 30.2. The van der Waals surface area contributed by atoms with Crippen molar-refractivity contribution in [2.24, 2.45) is 0 Å². The van der Waals surface area contributed by atoms with Crippen LogP contribution in [0.15, 0.2) is 24.6 Å². The lowest BCUT2D eigenvalue weighted by Gasteiger charge is -2.41. The van der Waals surface area contributed by atoms with Gasteiger partial charge in [-0.1, -0.05) is 11.4 Å². The molecule has 0 N–H and O–H groups in total. The minimum atomic E-state index is -2.15. The molecule has 0 amide bonds. The van der Waals surface area contributed by atoms with Crippen molar-refractivity contribution in [3.8, 4) is 0 Å². The zero-order chi connectivity index (χ0) is 18.7. The highest BCUT2D eigenvalue weighted by atomic mass is 28.5. The molecule has 0 radical (unpaired) electrons. The Morgan fingerprint density at radius 2 is 0.957 bits per heavy atom. The largest absolute Gasteiger partial charge is 0.453 e. The molecule has 0 rings (SSSR count). The molecule has 0 saturated heterocycles. The van der Waals surface area contributed by atoms with Gasteiger partial charge in [0.05, 0.1) is 0 Å². The fraction of sp³-hybridized carbons (Fsp3) is 0.733. The molecule has 0 aromatic heterocycles. The van der Waals surface area contributed by atoms with Crippen molar-refractivity contribution in [2.75, 3.05) is 0 Å². The van der Waals surface area contributed by atoms with Crippen LogP contribution in [-0.4, -0.2) is 41.8 Å². The first-order chi connectivity index (χ1) is 9.95. The lowest BCUT2D eigenvalue weighted by Crippen LogP contribution is -2.55. The third-order valence-electron chi connectivity index (χ3n) is 3.40. The summed E-state index contributed by atoms with van der Waals surface area (Å²) in [6, 6.07) is 0. The molecule has 0 saturated carbocycles. The predicted octanol–water partition coefficient (Wildman–Crippen LogP) is 5.55. The molecule has 0 spiro atoms. The minimum Gasteiger partial charge on any atom is -0.453 e. The molecule has 0 bridgehead atoms. The van der Waals surface area contributed by atoms with Crippen LogP contribution in [0.2, 0.25) is 71.1 Å². The molecule has 8 heteroatoms. The molecule has 136 valence electrons. The molecule has 0 atom stereocenters. The zero-order valence-corrected chi connectivity index (χ0v) is 22.0. The first-order valence-corrected chi connectivity index (χ1v) is 23.3. The summed E-state index contributed by atoms with van der Waals surface area (Å²) >= 11 is 0. The molecule has 0 aromatic rings. The Labute approximate surface area is 149 Å². The monoisotopic (exact) mass is 406 g/mol. The Morgan fingerprint density at radius 1 is 0.609 bits per heavy atom. The standard InChI is InChI=1S/C15H38O3Si5/c1-13-19(3,4)16-21(7,8)15-22(9,10)18-23(11,12)17-20(5,6)14-2/h13-14H,1-2,15H2,3-12H3. The third kappa shape index (κ3) is 10.1. The van der Waals surface area contributed by atoms with E-state index in [0.717, 1.165) is 5.67 Å². The number of hydrogen-bond acceptors (Lipinski definition) is 3. The summed E-state index contributed by atoms with van der Waals surface area (Å²) in [6.07, 6.45) is 0. The van der Waals surface area contributed by atoms with Crippen LogP contribution < -0.4 is 0 Å². The van der Waals surface area contributed by atoms with Gasteiger partial charge in [0.15, 0.2) is 33.3 Å². The Bertz CT molecular complexity index is 393. The van der Waals surface area contributed by atoms with E-state index in [1.807, 2.05) is 11.4 Å². The fourth-order valence-corrected chi connectivity index (χ4v) is 30.6. The van der Waals surface area contributed by atoms with E-state index in [1.54, 1.807) is 0 Å². The van der Waals surface area contributed by atoms with Gasteiger partial charge < -0.3 is 12.3 Å².